The Hall–Kier alpha value is -3.42. The summed E-state index contributed by atoms with van der Waals surface area (Å²) >= 11 is 0. The first-order chi connectivity index (χ1) is 14.6. The summed E-state index contributed by atoms with van der Waals surface area (Å²) in [4.78, 5) is 29.2. The lowest BCUT2D eigenvalue weighted by atomic mass is 10.0. The molecule has 4 rings (SSSR count). The number of benzene rings is 1. The van der Waals surface area contributed by atoms with Crippen molar-refractivity contribution in [3.05, 3.63) is 54.1 Å². The zero-order valence-corrected chi connectivity index (χ0v) is 17.0. The highest BCUT2D eigenvalue weighted by Gasteiger charge is 2.19. The van der Waals surface area contributed by atoms with Crippen LogP contribution in [0, 0.1) is 0 Å². The molecule has 2 heterocycles. The molecule has 0 saturated heterocycles. The van der Waals surface area contributed by atoms with Gasteiger partial charge in [0.1, 0.15) is 18.9 Å². The summed E-state index contributed by atoms with van der Waals surface area (Å²) in [7, 11) is 0. The second-order valence-electron chi connectivity index (χ2n) is 7.26. The number of rotatable bonds is 7. The van der Waals surface area contributed by atoms with Gasteiger partial charge in [0.15, 0.2) is 0 Å². The molecule has 0 bridgehead atoms. The van der Waals surface area contributed by atoms with Gasteiger partial charge in [0.25, 0.3) is 0 Å². The molecule has 2 aromatic heterocycles. The highest BCUT2D eigenvalue weighted by Crippen LogP contribution is 2.23. The predicted molar refractivity (Wildman–Crippen MR) is 112 cm³/mol. The number of nitrogens with zero attached hydrogens (tertiary/aromatic N) is 4. The minimum Gasteiger partial charge on any atom is -0.465 e. The molecule has 8 nitrogen and oxygen atoms in total. The van der Waals surface area contributed by atoms with Crippen LogP contribution in [-0.4, -0.2) is 37.8 Å². The summed E-state index contributed by atoms with van der Waals surface area (Å²) in [6.07, 6.45) is 5.91. The number of carbonyl (C=O) groups is 2. The van der Waals surface area contributed by atoms with Gasteiger partial charge in [-0.25, -0.2) is 9.67 Å². The lowest BCUT2D eigenvalue weighted by Crippen LogP contribution is -2.23. The number of esters is 1. The highest BCUT2D eigenvalue weighted by molar-refractivity contribution is 5.90. The average molecular weight is 407 g/mol. The lowest BCUT2D eigenvalue weighted by molar-refractivity contribution is -0.144. The van der Waals surface area contributed by atoms with Crippen molar-refractivity contribution in [2.45, 2.75) is 45.7 Å². The molecule has 30 heavy (non-hydrogen) atoms. The van der Waals surface area contributed by atoms with Crippen molar-refractivity contribution in [2.24, 2.45) is 0 Å². The van der Waals surface area contributed by atoms with E-state index in [1.807, 2.05) is 34.9 Å². The van der Waals surface area contributed by atoms with Crippen molar-refractivity contribution in [2.75, 3.05) is 11.9 Å². The Morgan fingerprint density at radius 3 is 2.73 bits per heavy atom. The third-order valence-corrected chi connectivity index (χ3v) is 5.13. The van der Waals surface area contributed by atoms with Gasteiger partial charge < -0.3 is 14.6 Å². The minimum atomic E-state index is -0.403. The van der Waals surface area contributed by atoms with E-state index in [0.717, 1.165) is 42.6 Å². The fourth-order valence-electron chi connectivity index (χ4n) is 3.72. The maximum Gasteiger partial charge on any atom is 0.327 e. The first kappa shape index (κ1) is 19.9. The molecule has 0 saturated carbocycles. The van der Waals surface area contributed by atoms with E-state index in [1.165, 1.54) is 4.68 Å². The maximum atomic E-state index is 12.8. The number of amides is 1. The number of fused-ring (bicyclic) bond motifs is 1. The number of hydrogen-bond acceptors (Lipinski definition) is 5. The molecule has 1 N–H and O–H groups in total. The molecule has 0 fully saturated rings. The molecule has 0 unspecified atom stereocenters. The molecule has 1 aliphatic rings. The molecule has 156 valence electrons. The molecule has 1 aliphatic carbocycles. The summed E-state index contributed by atoms with van der Waals surface area (Å²) in [6, 6.07) is 11.4. The van der Waals surface area contributed by atoms with Crippen LogP contribution in [0.3, 0.4) is 0 Å². The highest BCUT2D eigenvalue weighted by atomic mass is 16.5. The largest absolute Gasteiger partial charge is 0.465 e. The van der Waals surface area contributed by atoms with Crippen molar-refractivity contribution in [1.82, 2.24) is 19.3 Å². The number of carbonyl (C=O) groups excluding carboxylic acids is 2. The van der Waals surface area contributed by atoms with Crippen LogP contribution >= 0.6 is 0 Å². The second-order valence-corrected chi connectivity index (χ2v) is 7.26. The van der Waals surface area contributed by atoms with E-state index >= 15 is 0 Å². The van der Waals surface area contributed by atoms with Gasteiger partial charge in [-0.15, -0.1) is 0 Å². The molecule has 3 aromatic rings. The summed E-state index contributed by atoms with van der Waals surface area (Å²) in [5, 5.41) is 7.40. The van der Waals surface area contributed by atoms with Crippen molar-refractivity contribution < 1.29 is 14.3 Å². The van der Waals surface area contributed by atoms with Crippen LogP contribution < -0.4 is 5.32 Å². The van der Waals surface area contributed by atoms with E-state index in [2.05, 4.69) is 15.4 Å². The fraction of sp³-hybridized carbons (Fsp3) is 0.364. The van der Waals surface area contributed by atoms with Crippen LogP contribution in [-0.2, 0) is 40.3 Å². The van der Waals surface area contributed by atoms with E-state index in [9.17, 15) is 9.59 Å². The number of nitrogens with one attached hydrogen (secondary N) is 1. The number of ether oxygens (including phenoxy) is 1. The van der Waals surface area contributed by atoms with Gasteiger partial charge in [0.2, 0.25) is 5.91 Å². The number of aromatic nitrogens is 4. The molecule has 0 radical (unpaired) electrons. The van der Waals surface area contributed by atoms with Crippen LogP contribution in [0.25, 0.3) is 11.3 Å². The quantitative estimate of drug-likeness (QED) is 0.608. The predicted octanol–water partition coefficient (Wildman–Crippen LogP) is 2.83. The van der Waals surface area contributed by atoms with Crippen LogP contribution in [0.15, 0.2) is 42.7 Å². The Balaban J connectivity index is 1.54. The van der Waals surface area contributed by atoms with E-state index in [4.69, 9.17) is 4.74 Å². The van der Waals surface area contributed by atoms with Gasteiger partial charge in [-0.1, -0.05) is 30.3 Å². The van der Waals surface area contributed by atoms with Crippen molar-refractivity contribution in [1.29, 1.82) is 0 Å². The maximum absolute atomic E-state index is 12.8. The van der Waals surface area contributed by atoms with E-state index in [0.29, 0.717) is 18.1 Å². The average Bonchev–Trinajstić information content (AvgIpc) is 3.33. The zero-order chi connectivity index (χ0) is 20.9. The monoisotopic (exact) mass is 407 g/mol. The van der Waals surface area contributed by atoms with Gasteiger partial charge in [0, 0.05) is 17.3 Å². The Kier molecular flexibility index (Phi) is 5.92. The Morgan fingerprint density at radius 2 is 1.93 bits per heavy atom. The first-order valence-corrected chi connectivity index (χ1v) is 10.3. The van der Waals surface area contributed by atoms with Crippen LogP contribution in [0.2, 0.25) is 0 Å². The summed E-state index contributed by atoms with van der Waals surface area (Å²) in [6.45, 7) is 2.15. The van der Waals surface area contributed by atoms with Crippen molar-refractivity contribution in [3.63, 3.8) is 0 Å². The third kappa shape index (κ3) is 4.42. The van der Waals surface area contributed by atoms with Gasteiger partial charge in [-0.3, -0.25) is 9.59 Å². The molecule has 0 aliphatic heterocycles. The Labute approximate surface area is 174 Å². The molecular formula is C22H25N5O3. The van der Waals surface area contributed by atoms with E-state index in [1.54, 1.807) is 19.3 Å². The smallest absolute Gasteiger partial charge is 0.327 e. The summed E-state index contributed by atoms with van der Waals surface area (Å²) < 4.78 is 8.43. The van der Waals surface area contributed by atoms with Crippen LogP contribution in [0.1, 0.15) is 31.2 Å². The first-order valence-electron chi connectivity index (χ1n) is 10.3. The van der Waals surface area contributed by atoms with Crippen molar-refractivity contribution in [3.8, 4) is 11.3 Å². The van der Waals surface area contributed by atoms with Crippen LogP contribution in [0.4, 0.5) is 5.82 Å². The van der Waals surface area contributed by atoms with E-state index in [-0.39, 0.29) is 19.0 Å². The summed E-state index contributed by atoms with van der Waals surface area (Å²) in [5.41, 5.74) is 3.81. The molecular weight excluding hydrogens is 382 g/mol. The van der Waals surface area contributed by atoms with Gasteiger partial charge in [-0.05, 0) is 32.6 Å². The molecule has 0 atom stereocenters. The molecule has 1 amide bonds. The molecule has 1 aromatic carbocycles. The van der Waals surface area contributed by atoms with Gasteiger partial charge in [0.05, 0.1) is 24.3 Å². The van der Waals surface area contributed by atoms with Crippen molar-refractivity contribution >= 4 is 17.7 Å². The standard InChI is InChI=1S/C22H25N5O3/c1-2-30-22(29)14-27-20(12-18(25-27)16-8-4-3-5-9-16)24-21(28)13-26-15-23-17-10-6-7-11-19(17)26/h3-5,8-9,12,15H,2,6-7,10-11,13-14H2,1H3,(H,24,28). The normalized spacial score (nSPS) is 13.0. The second kappa shape index (κ2) is 8.94. The number of hydrogen-bond donors (Lipinski definition) is 1. The molecule has 8 heteroatoms. The SMILES string of the molecule is CCOC(=O)Cn1nc(-c2ccccc2)cc1NC(=O)Cn1cnc2c1CCCC2. The van der Waals surface area contributed by atoms with E-state index < -0.39 is 5.97 Å². The van der Waals surface area contributed by atoms with Gasteiger partial charge in [-0.2, -0.15) is 5.10 Å². The topological polar surface area (TPSA) is 91.0 Å². The van der Waals surface area contributed by atoms with Gasteiger partial charge >= 0.3 is 5.97 Å². The molecule has 0 spiro atoms. The third-order valence-electron chi connectivity index (χ3n) is 5.13. The zero-order valence-electron chi connectivity index (χ0n) is 17.0. The number of anilines is 1. The lowest BCUT2D eigenvalue weighted by Gasteiger charge is -2.14. The number of aryl methyl sites for hydroxylation is 1. The Bertz CT molecular complexity index is 1040. The fourth-order valence-corrected chi connectivity index (χ4v) is 3.72. The summed E-state index contributed by atoms with van der Waals surface area (Å²) in [5.74, 6) is -0.134. The Morgan fingerprint density at radius 1 is 1.13 bits per heavy atom. The van der Waals surface area contributed by atoms with Crippen LogP contribution in [0.5, 0.6) is 0 Å². The number of imidazole rings is 1. The minimum absolute atomic E-state index is 0.0727.